The van der Waals surface area contributed by atoms with Crippen molar-refractivity contribution in [2.45, 2.75) is 26.2 Å². The van der Waals surface area contributed by atoms with Crippen molar-refractivity contribution in [2.75, 3.05) is 5.32 Å². The van der Waals surface area contributed by atoms with Gasteiger partial charge in [0, 0.05) is 10.3 Å². The molecule has 0 bridgehead atoms. The van der Waals surface area contributed by atoms with Gasteiger partial charge in [-0.15, -0.1) is 11.3 Å². The van der Waals surface area contributed by atoms with Gasteiger partial charge >= 0.3 is 0 Å². The Morgan fingerprint density at radius 1 is 1.09 bits per heavy atom. The first kappa shape index (κ1) is 15.6. The highest BCUT2D eigenvalue weighted by Gasteiger charge is 2.21. The van der Waals surface area contributed by atoms with E-state index in [1.807, 2.05) is 63.2 Å². The Kier molecular flexibility index (Phi) is 3.86. The molecule has 1 aromatic heterocycles. The van der Waals surface area contributed by atoms with Crippen LogP contribution in [0.25, 0.3) is 10.1 Å². The summed E-state index contributed by atoms with van der Waals surface area (Å²) >= 11 is 1.45. The number of benzene rings is 2. The van der Waals surface area contributed by atoms with Crippen LogP contribution in [0.4, 0.5) is 5.69 Å². The Balaban J connectivity index is 1.91. The van der Waals surface area contributed by atoms with Crippen LogP contribution in [-0.4, -0.2) is 11.0 Å². The normalized spacial score (nSPS) is 11.6. The maximum Gasteiger partial charge on any atom is 0.265 e. The van der Waals surface area contributed by atoms with Gasteiger partial charge in [0.2, 0.25) is 0 Å². The summed E-state index contributed by atoms with van der Waals surface area (Å²) < 4.78 is 1.07. The van der Waals surface area contributed by atoms with Crippen LogP contribution in [0.15, 0.2) is 48.5 Å². The summed E-state index contributed by atoms with van der Waals surface area (Å²) in [6.07, 6.45) is 0. The van der Waals surface area contributed by atoms with E-state index in [9.17, 15) is 9.90 Å². The molecule has 1 amide bonds. The number of rotatable bonds is 2. The number of phenols is 1. The van der Waals surface area contributed by atoms with Gasteiger partial charge in [0.15, 0.2) is 0 Å². The van der Waals surface area contributed by atoms with Crippen molar-refractivity contribution < 1.29 is 9.90 Å². The van der Waals surface area contributed by atoms with E-state index in [1.165, 1.54) is 11.3 Å². The Labute approximate surface area is 139 Å². The van der Waals surface area contributed by atoms with Gasteiger partial charge in [0.25, 0.3) is 5.91 Å². The zero-order chi connectivity index (χ0) is 16.6. The third-order valence-corrected chi connectivity index (χ3v) is 4.86. The Bertz CT molecular complexity index is 841. The maximum atomic E-state index is 12.5. The van der Waals surface area contributed by atoms with Crippen LogP contribution in [0.1, 0.15) is 36.0 Å². The SMILES string of the molecule is CC(C)(C)c1cccc(NC(=O)c2cc3ccccc3s2)c1O. The van der Waals surface area contributed by atoms with Crippen molar-refractivity contribution in [3.05, 3.63) is 59.0 Å². The van der Waals surface area contributed by atoms with Crippen molar-refractivity contribution in [3.8, 4) is 5.75 Å². The van der Waals surface area contributed by atoms with E-state index in [2.05, 4.69) is 5.32 Å². The fourth-order valence-corrected chi connectivity index (χ4v) is 3.49. The van der Waals surface area contributed by atoms with Crippen LogP contribution in [0.3, 0.4) is 0 Å². The zero-order valence-electron chi connectivity index (χ0n) is 13.4. The van der Waals surface area contributed by atoms with Crippen molar-refractivity contribution in [1.82, 2.24) is 0 Å². The first-order valence-corrected chi connectivity index (χ1v) is 8.30. The topological polar surface area (TPSA) is 49.3 Å². The minimum Gasteiger partial charge on any atom is -0.505 e. The highest BCUT2D eigenvalue weighted by atomic mass is 32.1. The summed E-state index contributed by atoms with van der Waals surface area (Å²) in [5.41, 5.74) is 1.06. The molecule has 3 nitrogen and oxygen atoms in total. The summed E-state index contributed by atoms with van der Waals surface area (Å²) in [5, 5.41) is 14.3. The molecule has 0 spiro atoms. The number of carbonyl (C=O) groups is 1. The number of anilines is 1. The molecule has 0 atom stereocenters. The molecule has 23 heavy (non-hydrogen) atoms. The summed E-state index contributed by atoms with van der Waals surface area (Å²) in [4.78, 5) is 13.1. The van der Waals surface area contributed by atoms with Crippen LogP contribution in [0.5, 0.6) is 5.75 Å². The van der Waals surface area contributed by atoms with Crippen LogP contribution in [0, 0.1) is 0 Å². The zero-order valence-corrected chi connectivity index (χ0v) is 14.2. The predicted molar refractivity (Wildman–Crippen MR) is 96.6 cm³/mol. The molecule has 0 saturated carbocycles. The summed E-state index contributed by atoms with van der Waals surface area (Å²) in [6.45, 7) is 6.08. The molecule has 0 aliphatic heterocycles. The van der Waals surface area contributed by atoms with E-state index in [1.54, 1.807) is 6.07 Å². The number of para-hydroxylation sites is 1. The number of fused-ring (bicyclic) bond motifs is 1. The Hall–Kier alpha value is -2.33. The summed E-state index contributed by atoms with van der Waals surface area (Å²) in [5.74, 6) is -0.0676. The Morgan fingerprint density at radius 2 is 1.83 bits per heavy atom. The van der Waals surface area contributed by atoms with Gasteiger partial charge in [0.05, 0.1) is 10.6 Å². The Morgan fingerprint density at radius 3 is 2.52 bits per heavy atom. The van der Waals surface area contributed by atoms with E-state index < -0.39 is 0 Å². The lowest BCUT2D eigenvalue weighted by atomic mass is 9.86. The smallest absolute Gasteiger partial charge is 0.265 e. The van der Waals surface area contributed by atoms with Gasteiger partial charge in [-0.1, -0.05) is 51.1 Å². The second-order valence-corrected chi connectivity index (χ2v) is 7.64. The molecule has 0 fully saturated rings. The third-order valence-electron chi connectivity index (χ3n) is 3.74. The standard InChI is InChI=1S/C19H19NO2S/c1-19(2,3)13-8-6-9-14(17(13)21)20-18(22)16-11-12-7-4-5-10-15(12)23-16/h4-11,21H,1-3H3,(H,20,22). The maximum absolute atomic E-state index is 12.5. The van der Waals surface area contributed by atoms with Gasteiger partial charge in [-0.2, -0.15) is 0 Å². The first-order valence-electron chi connectivity index (χ1n) is 7.48. The lowest BCUT2D eigenvalue weighted by molar-refractivity contribution is 0.103. The lowest BCUT2D eigenvalue weighted by Gasteiger charge is -2.21. The number of amides is 1. The number of nitrogens with one attached hydrogen (secondary N) is 1. The largest absolute Gasteiger partial charge is 0.505 e. The highest BCUT2D eigenvalue weighted by Crippen LogP contribution is 2.36. The van der Waals surface area contributed by atoms with Crippen molar-refractivity contribution in [3.63, 3.8) is 0 Å². The van der Waals surface area contributed by atoms with Gasteiger partial charge in [-0.05, 0) is 29.0 Å². The predicted octanol–water partition coefficient (Wildman–Crippen LogP) is 5.16. The van der Waals surface area contributed by atoms with Crippen molar-refractivity contribution in [2.24, 2.45) is 0 Å². The molecule has 1 heterocycles. The average molecular weight is 325 g/mol. The molecule has 0 unspecified atom stereocenters. The fraction of sp³-hybridized carbons (Fsp3) is 0.211. The van der Waals surface area contributed by atoms with Gasteiger partial charge < -0.3 is 10.4 Å². The average Bonchev–Trinajstić information content (AvgIpc) is 2.92. The molecular weight excluding hydrogens is 306 g/mol. The lowest BCUT2D eigenvalue weighted by Crippen LogP contribution is -2.14. The number of phenolic OH excluding ortho intramolecular Hbond substituents is 1. The number of aromatic hydroxyl groups is 1. The van der Waals surface area contributed by atoms with Gasteiger partial charge in [-0.3, -0.25) is 4.79 Å². The first-order chi connectivity index (χ1) is 10.9. The molecule has 0 aliphatic carbocycles. The van der Waals surface area contributed by atoms with Crippen LogP contribution in [-0.2, 0) is 5.41 Å². The van der Waals surface area contributed by atoms with Crippen LogP contribution in [0.2, 0.25) is 0 Å². The summed E-state index contributed by atoms with van der Waals surface area (Å²) in [6, 6.07) is 15.2. The van der Waals surface area contributed by atoms with E-state index >= 15 is 0 Å². The number of carbonyl (C=O) groups excluding carboxylic acids is 1. The van der Waals surface area contributed by atoms with Crippen molar-refractivity contribution >= 4 is 33.0 Å². The highest BCUT2D eigenvalue weighted by molar-refractivity contribution is 7.20. The van der Waals surface area contributed by atoms with Crippen LogP contribution < -0.4 is 5.32 Å². The second-order valence-electron chi connectivity index (χ2n) is 6.55. The molecule has 118 valence electrons. The van der Waals surface area contributed by atoms with E-state index in [0.29, 0.717) is 10.6 Å². The molecule has 2 N–H and O–H groups in total. The van der Waals surface area contributed by atoms with E-state index in [-0.39, 0.29) is 17.1 Å². The van der Waals surface area contributed by atoms with Crippen molar-refractivity contribution in [1.29, 1.82) is 0 Å². The third kappa shape index (κ3) is 3.08. The van der Waals surface area contributed by atoms with E-state index in [4.69, 9.17) is 0 Å². The fourth-order valence-electron chi connectivity index (χ4n) is 2.53. The monoisotopic (exact) mass is 325 g/mol. The van der Waals surface area contributed by atoms with Gasteiger partial charge in [0.1, 0.15) is 5.75 Å². The molecule has 0 saturated heterocycles. The molecule has 3 rings (SSSR count). The molecular formula is C19H19NO2S. The summed E-state index contributed by atoms with van der Waals surface area (Å²) in [7, 11) is 0. The van der Waals surface area contributed by atoms with Crippen LogP contribution >= 0.6 is 11.3 Å². The second kappa shape index (κ2) is 5.70. The molecule has 4 heteroatoms. The van der Waals surface area contributed by atoms with Gasteiger partial charge in [-0.25, -0.2) is 0 Å². The minimum atomic E-state index is -0.201. The molecule has 3 aromatic rings. The number of hydrogen-bond acceptors (Lipinski definition) is 3. The molecule has 0 aliphatic rings. The minimum absolute atomic E-state index is 0.134. The number of hydrogen-bond donors (Lipinski definition) is 2. The molecule has 0 radical (unpaired) electrons. The quantitative estimate of drug-likeness (QED) is 0.640. The molecule has 2 aromatic carbocycles. The van der Waals surface area contributed by atoms with E-state index in [0.717, 1.165) is 15.6 Å². The number of thiophene rings is 1.